The Morgan fingerprint density at radius 3 is 1.89 bits per heavy atom. The molecule has 0 radical (unpaired) electrons. The van der Waals surface area contributed by atoms with Crippen molar-refractivity contribution in [3.8, 4) is 0 Å². The molecule has 3 aromatic rings. The summed E-state index contributed by atoms with van der Waals surface area (Å²) < 4.78 is 55.3. The van der Waals surface area contributed by atoms with Crippen molar-refractivity contribution >= 4 is 36.5 Å². The molecular weight excluding hydrogens is 502 g/mol. The summed E-state index contributed by atoms with van der Waals surface area (Å²) in [7, 11) is -7.58. The summed E-state index contributed by atoms with van der Waals surface area (Å²) in [6.07, 6.45) is 0. The van der Waals surface area contributed by atoms with Gasteiger partial charge < -0.3 is 0 Å². The van der Waals surface area contributed by atoms with E-state index >= 15 is 0 Å². The van der Waals surface area contributed by atoms with Crippen LogP contribution in [0.1, 0.15) is 23.6 Å². The Balaban J connectivity index is 1.79. The number of hydrogen-bond donors (Lipinski definition) is 0. The van der Waals surface area contributed by atoms with Crippen molar-refractivity contribution in [2.24, 2.45) is 5.41 Å². The maximum absolute atomic E-state index is 13.5. The van der Waals surface area contributed by atoms with E-state index in [2.05, 4.69) is 0 Å². The quantitative estimate of drug-likeness (QED) is 0.426. The fraction of sp³-hybridized carbons (Fsp3) is 0.259. The van der Waals surface area contributed by atoms with Crippen molar-refractivity contribution in [1.29, 1.82) is 0 Å². The predicted molar refractivity (Wildman–Crippen MR) is 140 cm³/mol. The number of hydrogen-bond acceptors (Lipinski definition) is 4. The number of benzene rings is 3. The number of halogens is 1. The second kappa shape index (κ2) is 9.54. The van der Waals surface area contributed by atoms with Crippen LogP contribution in [0.25, 0.3) is 5.03 Å². The van der Waals surface area contributed by atoms with Gasteiger partial charge in [-0.15, -0.1) is 0 Å². The number of aryl methyl sites for hydroxylation is 2. The number of sulfone groups is 1. The van der Waals surface area contributed by atoms with Gasteiger partial charge in [0.05, 0.1) is 15.5 Å². The van der Waals surface area contributed by atoms with Crippen LogP contribution in [0.4, 0.5) is 0 Å². The Kier molecular flexibility index (Phi) is 6.99. The van der Waals surface area contributed by atoms with Gasteiger partial charge in [-0.1, -0.05) is 84.2 Å². The van der Waals surface area contributed by atoms with Gasteiger partial charge in [0.25, 0.3) is 0 Å². The minimum absolute atomic E-state index is 0.00663. The molecule has 0 aliphatic carbocycles. The van der Waals surface area contributed by atoms with Gasteiger partial charge in [0.1, 0.15) is 0 Å². The van der Waals surface area contributed by atoms with Crippen LogP contribution in [0.2, 0.25) is 0 Å². The van der Waals surface area contributed by atoms with Crippen molar-refractivity contribution in [3.05, 3.63) is 101 Å². The smallest absolute Gasteiger partial charge is 0.224 e. The third kappa shape index (κ3) is 5.23. The molecule has 3 aromatic carbocycles. The molecule has 1 atom stereocenters. The van der Waals surface area contributed by atoms with Crippen LogP contribution in [0.5, 0.6) is 0 Å². The highest BCUT2D eigenvalue weighted by atomic mass is 35.5. The molecule has 184 valence electrons. The second-order valence-corrected chi connectivity index (χ2v) is 13.7. The second-order valence-electron chi connectivity index (χ2n) is 9.38. The topological polar surface area (TPSA) is 71.5 Å². The standard InChI is InChI=1S/C27H28ClNO4S2/c1-20-9-13-23(14-10-20)34(30,31)19-27(3)18-29(35(32,33)24-15-11-21(2)12-16-24)17-25(27)26(28)22-7-5-4-6-8-22/h4-16H,17-19H2,1-3H3/b26-25-. The third-order valence-electron chi connectivity index (χ3n) is 6.43. The fourth-order valence-electron chi connectivity index (χ4n) is 4.41. The summed E-state index contributed by atoms with van der Waals surface area (Å²) in [4.78, 5) is 0.378. The Morgan fingerprint density at radius 2 is 1.34 bits per heavy atom. The maximum Gasteiger partial charge on any atom is 0.243 e. The summed E-state index contributed by atoms with van der Waals surface area (Å²) in [6.45, 7) is 5.59. The molecule has 1 aliphatic rings. The first-order chi connectivity index (χ1) is 16.4. The van der Waals surface area contributed by atoms with Gasteiger partial charge in [-0.05, 0) is 49.2 Å². The molecular formula is C27H28ClNO4S2. The van der Waals surface area contributed by atoms with E-state index in [9.17, 15) is 16.8 Å². The summed E-state index contributed by atoms with van der Waals surface area (Å²) in [5, 5.41) is 0.383. The van der Waals surface area contributed by atoms with E-state index in [1.54, 1.807) is 55.5 Å². The molecule has 0 aromatic heterocycles. The zero-order chi connectivity index (χ0) is 25.4. The molecule has 0 saturated carbocycles. The van der Waals surface area contributed by atoms with Crippen LogP contribution in [0.3, 0.4) is 0 Å². The average Bonchev–Trinajstić information content (AvgIpc) is 3.16. The van der Waals surface area contributed by atoms with Crippen LogP contribution in [-0.4, -0.2) is 40.0 Å². The molecule has 1 unspecified atom stereocenters. The van der Waals surface area contributed by atoms with E-state index in [0.717, 1.165) is 16.7 Å². The van der Waals surface area contributed by atoms with Gasteiger partial charge in [-0.2, -0.15) is 4.31 Å². The Bertz CT molecular complexity index is 1460. The van der Waals surface area contributed by atoms with Gasteiger partial charge in [0, 0.05) is 23.5 Å². The molecule has 5 nitrogen and oxygen atoms in total. The minimum atomic E-state index is -3.86. The summed E-state index contributed by atoms with van der Waals surface area (Å²) in [5.41, 5.74) is 2.20. The minimum Gasteiger partial charge on any atom is -0.224 e. The van der Waals surface area contributed by atoms with Crippen molar-refractivity contribution < 1.29 is 16.8 Å². The highest BCUT2D eigenvalue weighted by Crippen LogP contribution is 2.45. The molecule has 1 saturated heterocycles. The summed E-state index contributed by atoms with van der Waals surface area (Å²) in [5.74, 6) is -0.263. The lowest BCUT2D eigenvalue weighted by Gasteiger charge is -2.27. The zero-order valence-corrected chi connectivity index (χ0v) is 22.3. The van der Waals surface area contributed by atoms with Crippen LogP contribution < -0.4 is 0 Å². The predicted octanol–water partition coefficient (Wildman–Crippen LogP) is 5.44. The first-order valence-electron chi connectivity index (χ1n) is 11.2. The zero-order valence-electron chi connectivity index (χ0n) is 19.9. The monoisotopic (exact) mass is 529 g/mol. The molecule has 1 aliphatic heterocycles. The molecule has 4 rings (SSSR count). The first kappa shape index (κ1) is 25.6. The van der Waals surface area contributed by atoms with Crippen molar-refractivity contribution in [1.82, 2.24) is 4.31 Å². The van der Waals surface area contributed by atoms with Gasteiger partial charge in [-0.3, -0.25) is 0 Å². The normalized spacial score (nSPS) is 20.7. The molecule has 0 N–H and O–H groups in total. The van der Waals surface area contributed by atoms with E-state index < -0.39 is 25.3 Å². The van der Waals surface area contributed by atoms with E-state index in [0.29, 0.717) is 10.6 Å². The lowest BCUT2D eigenvalue weighted by atomic mass is 9.86. The highest BCUT2D eigenvalue weighted by Gasteiger charge is 2.47. The third-order valence-corrected chi connectivity index (χ3v) is 10.7. The van der Waals surface area contributed by atoms with E-state index in [-0.39, 0.29) is 28.6 Å². The average molecular weight is 530 g/mol. The van der Waals surface area contributed by atoms with Gasteiger partial charge >= 0.3 is 0 Å². The molecule has 0 bridgehead atoms. The molecule has 8 heteroatoms. The van der Waals surface area contributed by atoms with Crippen LogP contribution in [-0.2, 0) is 19.9 Å². The molecule has 1 heterocycles. The summed E-state index contributed by atoms with van der Waals surface area (Å²) >= 11 is 6.84. The Morgan fingerprint density at radius 1 is 0.829 bits per heavy atom. The van der Waals surface area contributed by atoms with Crippen molar-refractivity contribution in [2.75, 3.05) is 18.8 Å². The highest BCUT2D eigenvalue weighted by molar-refractivity contribution is 7.91. The van der Waals surface area contributed by atoms with Crippen LogP contribution >= 0.6 is 11.6 Å². The number of nitrogens with zero attached hydrogens (tertiary/aromatic N) is 1. The van der Waals surface area contributed by atoms with Crippen molar-refractivity contribution in [3.63, 3.8) is 0 Å². The lowest BCUT2D eigenvalue weighted by Crippen LogP contribution is -2.34. The maximum atomic E-state index is 13.5. The first-order valence-corrected chi connectivity index (χ1v) is 14.7. The molecule has 1 fully saturated rings. The molecule has 0 amide bonds. The SMILES string of the molecule is Cc1ccc(S(=O)(=O)CC2(C)CN(S(=O)(=O)c3ccc(C)cc3)C/C2=C(/Cl)c2ccccc2)cc1. The van der Waals surface area contributed by atoms with Gasteiger partial charge in [-0.25, -0.2) is 16.8 Å². The molecule has 0 spiro atoms. The van der Waals surface area contributed by atoms with Crippen LogP contribution in [0, 0.1) is 19.3 Å². The van der Waals surface area contributed by atoms with E-state index in [1.807, 2.05) is 44.2 Å². The summed E-state index contributed by atoms with van der Waals surface area (Å²) in [6, 6.07) is 22.6. The number of rotatable bonds is 6. The number of sulfonamides is 1. The van der Waals surface area contributed by atoms with Gasteiger partial charge in [0.15, 0.2) is 9.84 Å². The van der Waals surface area contributed by atoms with Crippen LogP contribution in [0.15, 0.2) is 94.2 Å². The lowest BCUT2D eigenvalue weighted by molar-refractivity contribution is 0.400. The Labute approximate surface area is 213 Å². The van der Waals surface area contributed by atoms with Crippen molar-refractivity contribution in [2.45, 2.75) is 30.6 Å². The largest absolute Gasteiger partial charge is 0.243 e. The Hall–Kier alpha value is -2.45. The van der Waals surface area contributed by atoms with Gasteiger partial charge in [0.2, 0.25) is 10.0 Å². The van der Waals surface area contributed by atoms with E-state index in [4.69, 9.17) is 11.6 Å². The van der Waals surface area contributed by atoms with E-state index in [1.165, 1.54) is 4.31 Å². The fourth-order valence-corrected chi connectivity index (χ4v) is 8.18. The molecule has 35 heavy (non-hydrogen) atoms.